The van der Waals surface area contributed by atoms with Gasteiger partial charge in [0.15, 0.2) is 0 Å². The summed E-state index contributed by atoms with van der Waals surface area (Å²) in [5, 5.41) is 2.30. The Morgan fingerprint density at radius 3 is 2.85 bits per heavy atom. The van der Waals surface area contributed by atoms with Crippen LogP contribution in [0.2, 0.25) is 0 Å². The van der Waals surface area contributed by atoms with Crippen molar-refractivity contribution in [1.29, 1.82) is 0 Å². The molecule has 3 rings (SSSR count). The number of nitrogens with one attached hydrogen (secondary N) is 1. The number of anilines is 1. The molecule has 1 aromatic carbocycles. The molecule has 1 N–H and O–H groups in total. The van der Waals surface area contributed by atoms with Gasteiger partial charge in [-0.3, -0.25) is 10.1 Å². The van der Waals surface area contributed by atoms with E-state index < -0.39 is 0 Å². The molecule has 20 heavy (non-hydrogen) atoms. The molecule has 3 amide bonds. The van der Waals surface area contributed by atoms with Crippen molar-refractivity contribution in [2.24, 2.45) is 0 Å². The van der Waals surface area contributed by atoms with Gasteiger partial charge in [0.25, 0.3) is 0 Å². The molecule has 5 heteroatoms. The van der Waals surface area contributed by atoms with E-state index in [-0.39, 0.29) is 18.5 Å². The van der Waals surface area contributed by atoms with Crippen LogP contribution in [0.5, 0.6) is 0 Å². The monoisotopic (exact) mass is 273 g/mol. The predicted octanol–water partition coefficient (Wildman–Crippen LogP) is 1.73. The van der Waals surface area contributed by atoms with Crippen LogP contribution in [0.3, 0.4) is 0 Å². The number of hydrogen-bond acceptors (Lipinski definition) is 3. The first-order valence-corrected chi connectivity index (χ1v) is 7.08. The van der Waals surface area contributed by atoms with Crippen LogP contribution in [-0.2, 0) is 11.3 Å². The molecule has 0 radical (unpaired) electrons. The molecule has 0 unspecified atom stereocenters. The van der Waals surface area contributed by atoms with Crippen LogP contribution in [0.15, 0.2) is 24.3 Å². The Kier molecular flexibility index (Phi) is 3.34. The van der Waals surface area contributed by atoms with Crippen molar-refractivity contribution in [2.75, 3.05) is 18.0 Å². The molecule has 0 aromatic heterocycles. The van der Waals surface area contributed by atoms with E-state index in [2.05, 4.69) is 29.3 Å². The second kappa shape index (κ2) is 5.15. The largest absolute Gasteiger partial charge is 0.369 e. The highest BCUT2D eigenvalue weighted by molar-refractivity contribution is 6.01. The van der Waals surface area contributed by atoms with E-state index in [9.17, 15) is 9.59 Å². The fourth-order valence-electron chi connectivity index (χ4n) is 2.98. The van der Waals surface area contributed by atoms with Crippen LogP contribution in [0.25, 0.3) is 0 Å². The Hall–Kier alpha value is -2.04. The van der Waals surface area contributed by atoms with Crippen molar-refractivity contribution in [2.45, 2.75) is 32.4 Å². The zero-order valence-electron chi connectivity index (χ0n) is 11.6. The number of carbonyl (C=O) groups is 2. The summed E-state index contributed by atoms with van der Waals surface area (Å²) in [6.07, 6.45) is 2.46. The number of carbonyl (C=O) groups excluding carboxylic acids is 2. The third-order valence-corrected chi connectivity index (χ3v) is 4.04. The van der Waals surface area contributed by atoms with Crippen LogP contribution in [0.4, 0.5) is 10.5 Å². The van der Waals surface area contributed by atoms with E-state index in [1.165, 1.54) is 23.4 Å². The molecule has 2 heterocycles. The van der Waals surface area contributed by atoms with Crippen molar-refractivity contribution < 1.29 is 9.59 Å². The van der Waals surface area contributed by atoms with E-state index in [4.69, 9.17) is 0 Å². The molecule has 5 nitrogen and oxygen atoms in total. The van der Waals surface area contributed by atoms with Crippen LogP contribution in [0.1, 0.15) is 25.3 Å². The van der Waals surface area contributed by atoms with Gasteiger partial charge in [0.05, 0.1) is 0 Å². The third kappa shape index (κ3) is 2.48. The molecule has 1 atom stereocenters. The summed E-state index contributed by atoms with van der Waals surface area (Å²) < 4.78 is 0. The van der Waals surface area contributed by atoms with Gasteiger partial charge < -0.3 is 9.80 Å². The minimum Gasteiger partial charge on any atom is -0.369 e. The number of hydrogen-bond donors (Lipinski definition) is 1. The number of benzene rings is 1. The Morgan fingerprint density at radius 2 is 2.20 bits per heavy atom. The summed E-state index contributed by atoms with van der Waals surface area (Å²) in [7, 11) is 0. The van der Waals surface area contributed by atoms with E-state index in [0.29, 0.717) is 12.6 Å². The molecule has 0 bridgehead atoms. The molecule has 1 aromatic rings. The molecule has 0 spiro atoms. The highest BCUT2D eigenvalue weighted by Crippen LogP contribution is 2.26. The van der Waals surface area contributed by atoms with Crippen LogP contribution in [0, 0.1) is 0 Å². The van der Waals surface area contributed by atoms with Crippen LogP contribution < -0.4 is 10.2 Å². The summed E-state index contributed by atoms with van der Waals surface area (Å²) in [4.78, 5) is 26.7. The number of amides is 3. The summed E-state index contributed by atoms with van der Waals surface area (Å²) in [5.41, 5.74) is 2.27. The lowest BCUT2D eigenvalue weighted by atomic mass is 10.1. The van der Waals surface area contributed by atoms with Crippen molar-refractivity contribution >= 4 is 17.6 Å². The van der Waals surface area contributed by atoms with Gasteiger partial charge in [0.2, 0.25) is 5.91 Å². The smallest absolute Gasteiger partial charge is 0.324 e. The first-order valence-electron chi connectivity index (χ1n) is 7.08. The number of imide groups is 1. The van der Waals surface area contributed by atoms with Gasteiger partial charge in [-0.25, -0.2) is 4.79 Å². The lowest BCUT2D eigenvalue weighted by molar-refractivity contribution is -0.118. The standard InChI is InChI=1S/C15H19N3O2/c1-11-4-3-7-18(11)13-6-2-5-12(8-13)9-17-10-14(19)16-15(17)20/h2,5-6,8,11H,3-4,7,9-10H2,1H3,(H,16,19,20)/t11-/m1/s1. The minimum absolute atomic E-state index is 0.156. The lowest BCUT2D eigenvalue weighted by Gasteiger charge is -2.24. The normalized spacial score (nSPS) is 22.6. The van der Waals surface area contributed by atoms with E-state index >= 15 is 0 Å². The minimum atomic E-state index is -0.296. The fourth-order valence-corrected chi connectivity index (χ4v) is 2.98. The van der Waals surface area contributed by atoms with E-state index in [1.807, 2.05) is 12.1 Å². The number of urea groups is 1. The average Bonchev–Trinajstić information content (AvgIpc) is 2.96. The average molecular weight is 273 g/mol. The SMILES string of the molecule is C[C@@H]1CCCN1c1cccc(CN2CC(=O)NC2=O)c1. The van der Waals surface area contributed by atoms with Crippen LogP contribution in [-0.4, -0.2) is 36.0 Å². The van der Waals surface area contributed by atoms with Gasteiger partial charge in [-0.2, -0.15) is 0 Å². The quantitative estimate of drug-likeness (QED) is 0.853. The molecule has 0 saturated carbocycles. The van der Waals surface area contributed by atoms with Gasteiger partial charge >= 0.3 is 6.03 Å². The first kappa shape index (κ1) is 13.0. The first-order chi connectivity index (χ1) is 9.63. The van der Waals surface area contributed by atoms with Crippen molar-refractivity contribution in [3.8, 4) is 0 Å². The van der Waals surface area contributed by atoms with Crippen molar-refractivity contribution in [3.63, 3.8) is 0 Å². The second-order valence-corrected chi connectivity index (χ2v) is 5.56. The molecule has 2 saturated heterocycles. The number of nitrogens with zero attached hydrogens (tertiary/aromatic N) is 2. The molecular formula is C15H19N3O2. The maximum absolute atomic E-state index is 11.6. The van der Waals surface area contributed by atoms with Gasteiger partial charge in [-0.05, 0) is 37.5 Å². The van der Waals surface area contributed by atoms with Crippen molar-refractivity contribution in [3.05, 3.63) is 29.8 Å². The van der Waals surface area contributed by atoms with E-state index in [0.717, 1.165) is 12.1 Å². The molecule has 2 fully saturated rings. The molecule has 2 aliphatic heterocycles. The van der Waals surface area contributed by atoms with Gasteiger partial charge in [-0.15, -0.1) is 0 Å². The summed E-state index contributed by atoms with van der Waals surface area (Å²) >= 11 is 0. The Bertz CT molecular complexity index is 544. The maximum atomic E-state index is 11.6. The summed E-state index contributed by atoms with van der Waals surface area (Å²) in [6.45, 7) is 3.97. The Labute approximate surface area is 118 Å². The zero-order valence-corrected chi connectivity index (χ0v) is 11.6. The third-order valence-electron chi connectivity index (χ3n) is 4.04. The van der Waals surface area contributed by atoms with Crippen molar-refractivity contribution in [1.82, 2.24) is 10.2 Å². The van der Waals surface area contributed by atoms with Crippen LogP contribution >= 0.6 is 0 Å². The lowest BCUT2D eigenvalue weighted by Crippen LogP contribution is -2.28. The molecule has 2 aliphatic rings. The molecule has 0 aliphatic carbocycles. The number of rotatable bonds is 3. The summed E-state index contributed by atoms with van der Waals surface area (Å²) in [5.74, 6) is -0.223. The second-order valence-electron chi connectivity index (χ2n) is 5.56. The Morgan fingerprint density at radius 1 is 1.35 bits per heavy atom. The van der Waals surface area contributed by atoms with Gasteiger partial charge in [0, 0.05) is 24.8 Å². The Balaban J connectivity index is 1.74. The van der Waals surface area contributed by atoms with E-state index in [1.54, 1.807) is 0 Å². The highest BCUT2D eigenvalue weighted by Gasteiger charge is 2.27. The predicted molar refractivity (Wildman–Crippen MR) is 76.4 cm³/mol. The highest BCUT2D eigenvalue weighted by atomic mass is 16.2. The molecule has 106 valence electrons. The zero-order chi connectivity index (χ0) is 14.1. The summed E-state index contributed by atoms with van der Waals surface area (Å²) in [6, 6.07) is 8.53. The van der Waals surface area contributed by atoms with Gasteiger partial charge in [-0.1, -0.05) is 12.1 Å². The fraction of sp³-hybridized carbons (Fsp3) is 0.467. The molecular weight excluding hydrogens is 254 g/mol. The van der Waals surface area contributed by atoms with Gasteiger partial charge in [0.1, 0.15) is 6.54 Å². The maximum Gasteiger partial charge on any atom is 0.324 e. The topological polar surface area (TPSA) is 52.6 Å².